The Balaban J connectivity index is 0. The summed E-state index contributed by atoms with van der Waals surface area (Å²) >= 11 is 0. The fraction of sp³-hybridized carbons (Fsp3) is 0.333. The van der Waals surface area contributed by atoms with Crippen LogP contribution in [0.1, 0.15) is 0 Å². The number of alkyl halides is 3. The standard InChI is InChI=1S/C3H3F3.Ni/c1-2-3(4,5)6;/h2H,1H2;. The summed E-state index contributed by atoms with van der Waals surface area (Å²) < 4.78 is 32.0. The predicted molar refractivity (Wildman–Crippen MR) is 16.3 cm³/mol. The second-order valence-corrected chi connectivity index (χ2v) is 0.746. The van der Waals surface area contributed by atoms with Crippen LogP contribution in [-0.2, 0) is 16.5 Å². The first-order valence-electron chi connectivity index (χ1n) is 1.26. The van der Waals surface area contributed by atoms with E-state index in [4.69, 9.17) is 0 Å². The molecular formula is C3H3F3Ni. The van der Waals surface area contributed by atoms with Crippen molar-refractivity contribution in [1.82, 2.24) is 0 Å². The van der Waals surface area contributed by atoms with Gasteiger partial charge in [-0.2, -0.15) is 13.2 Å². The molecule has 0 aliphatic heterocycles. The van der Waals surface area contributed by atoms with E-state index in [2.05, 4.69) is 6.58 Å². The van der Waals surface area contributed by atoms with E-state index in [1.165, 1.54) is 0 Å². The van der Waals surface area contributed by atoms with Crippen molar-refractivity contribution in [1.29, 1.82) is 0 Å². The van der Waals surface area contributed by atoms with Crippen molar-refractivity contribution in [2.75, 3.05) is 0 Å². The molecule has 0 radical (unpaired) electrons. The van der Waals surface area contributed by atoms with Gasteiger partial charge in [-0.3, -0.25) is 0 Å². The molecule has 0 aliphatic carbocycles. The minimum atomic E-state index is -4.19. The molecule has 0 unspecified atom stereocenters. The quantitative estimate of drug-likeness (QED) is 0.369. The van der Waals surface area contributed by atoms with Gasteiger partial charge in [0.2, 0.25) is 0 Å². The Morgan fingerprint density at radius 1 is 1.29 bits per heavy atom. The molecule has 7 heavy (non-hydrogen) atoms. The molecule has 0 amide bonds. The average Bonchev–Trinajstić information content (AvgIpc) is 1.35. The smallest absolute Gasteiger partial charge is 0.167 e. The van der Waals surface area contributed by atoms with Gasteiger partial charge in [-0.1, -0.05) is 6.58 Å². The summed E-state index contributed by atoms with van der Waals surface area (Å²) in [5.74, 6) is 0. The second kappa shape index (κ2) is 3.08. The van der Waals surface area contributed by atoms with Crippen LogP contribution in [-0.4, -0.2) is 6.18 Å². The Kier molecular flexibility index (Phi) is 4.45. The van der Waals surface area contributed by atoms with Gasteiger partial charge in [-0.05, 0) is 0 Å². The molecule has 0 aromatic carbocycles. The van der Waals surface area contributed by atoms with Crippen LogP contribution in [0.15, 0.2) is 12.7 Å². The molecule has 0 saturated carbocycles. The van der Waals surface area contributed by atoms with Crippen LogP contribution in [0.4, 0.5) is 13.2 Å². The molecule has 4 heteroatoms. The molecule has 0 fully saturated rings. The maximum atomic E-state index is 10.7. The van der Waals surface area contributed by atoms with E-state index in [1.54, 1.807) is 0 Å². The zero-order chi connectivity index (χ0) is 5.21. The maximum Gasteiger partial charge on any atom is 0.409 e. The van der Waals surface area contributed by atoms with Crippen LogP contribution < -0.4 is 0 Å². The van der Waals surface area contributed by atoms with Gasteiger partial charge >= 0.3 is 6.18 Å². The predicted octanol–water partition coefficient (Wildman–Crippen LogP) is 1.73. The third-order valence-electron chi connectivity index (χ3n) is 0.231. The van der Waals surface area contributed by atoms with Gasteiger partial charge in [0.1, 0.15) is 0 Å². The molecule has 46 valence electrons. The summed E-state index contributed by atoms with van der Waals surface area (Å²) in [5.41, 5.74) is 0. The zero-order valence-corrected chi connectivity index (χ0v) is 4.22. The summed E-state index contributed by atoms with van der Waals surface area (Å²) in [7, 11) is 0. The zero-order valence-electron chi connectivity index (χ0n) is 3.23. The van der Waals surface area contributed by atoms with E-state index in [9.17, 15) is 13.2 Å². The molecule has 0 nitrogen and oxygen atoms in total. The Bertz CT molecular complexity index is 55.7. The van der Waals surface area contributed by atoms with Crippen molar-refractivity contribution < 1.29 is 29.7 Å². The Hall–Kier alpha value is 0.0235. The fourth-order valence-corrected chi connectivity index (χ4v) is 0. The number of halogens is 3. The largest absolute Gasteiger partial charge is 0.409 e. The van der Waals surface area contributed by atoms with E-state index >= 15 is 0 Å². The molecule has 0 aromatic rings. The Morgan fingerprint density at radius 2 is 1.43 bits per heavy atom. The van der Waals surface area contributed by atoms with E-state index in [1.807, 2.05) is 0 Å². The summed E-state index contributed by atoms with van der Waals surface area (Å²) in [6.45, 7) is 2.51. The van der Waals surface area contributed by atoms with Crippen molar-refractivity contribution in [3.63, 3.8) is 0 Å². The van der Waals surface area contributed by atoms with E-state index in [0.717, 1.165) is 0 Å². The van der Waals surface area contributed by atoms with Gasteiger partial charge in [0.15, 0.2) is 0 Å². The summed E-state index contributed by atoms with van der Waals surface area (Å²) in [6, 6.07) is 0. The minimum absolute atomic E-state index is 0. The molecular weight excluding hydrogens is 152 g/mol. The first kappa shape index (κ1) is 10.1. The number of hydrogen-bond donors (Lipinski definition) is 0. The van der Waals surface area contributed by atoms with Crippen LogP contribution in [0.25, 0.3) is 0 Å². The molecule has 0 saturated heterocycles. The number of hydrogen-bond acceptors (Lipinski definition) is 0. The van der Waals surface area contributed by atoms with Crippen LogP contribution >= 0.6 is 0 Å². The normalized spacial score (nSPS) is 9.57. The van der Waals surface area contributed by atoms with E-state index in [-0.39, 0.29) is 22.6 Å². The first-order valence-corrected chi connectivity index (χ1v) is 1.26. The van der Waals surface area contributed by atoms with Crippen LogP contribution in [0.5, 0.6) is 0 Å². The summed E-state index contributed by atoms with van der Waals surface area (Å²) in [4.78, 5) is 0. The SMILES string of the molecule is C=CC(F)(F)F.[Ni]. The fourth-order valence-electron chi connectivity index (χ4n) is 0. The molecule has 0 spiro atoms. The van der Waals surface area contributed by atoms with Crippen molar-refractivity contribution in [2.45, 2.75) is 6.18 Å². The van der Waals surface area contributed by atoms with Crippen LogP contribution in [0.2, 0.25) is 0 Å². The maximum absolute atomic E-state index is 10.7. The second-order valence-electron chi connectivity index (χ2n) is 0.746. The van der Waals surface area contributed by atoms with Crippen LogP contribution in [0, 0.1) is 0 Å². The summed E-state index contributed by atoms with van der Waals surface area (Å²) in [6.07, 6.45) is -4.26. The van der Waals surface area contributed by atoms with E-state index < -0.39 is 6.18 Å². The summed E-state index contributed by atoms with van der Waals surface area (Å²) in [5, 5.41) is 0. The first-order chi connectivity index (χ1) is 2.56. The third kappa shape index (κ3) is 10.7. The van der Waals surface area contributed by atoms with E-state index in [0.29, 0.717) is 0 Å². The van der Waals surface area contributed by atoms with Crippen molar-refractivity contribution in [3.05, 3.63) is 12.7 Å². The molecule has 0 N–H and O–H groups in total. The minimum Gasteiger partial charge on any atom is -0.167 e. The molecule has 0 heterocycles. The van der Waals surface area contributed by atoms with Gasteiger partial charge in [0.25, 0.3) is 0 Å². The molecule has 0 atom stereocenters. The molecule has 0 bridgehead atoms. The van der Waals surface area contributed by atoms with Gasteiger partial charge in [-0.25, -0.2) is 0 Å². The number of allylic oxidation sites excluding steroid dienone is 1. The molecule has 0 aromatic heterocycles. The monoisotopic (exact) mass is 154 g/mol. The van der Waals surface area contributed by atoms with Crippen LogP contribution in [0.3, 0.4) is 0 Å². The topological polar surface area (TPSA) is 0 Å². The van der Waals surface area contributed by atoms with Gasteiger partial charge in [0, 0.05) is 22.6 Å². The van der Waals surface area contributed by atoms with Gasteiger partial charge < -0.3 is 0 Å². The third-order valence-corrected chi connectivity index (χ3v) is 0.231. The Morgan fingerprint density at radius 3 is 1.43 bits per heavy atom. The van der Waals surface area contributed by atoms with Crippen molar-refractivity contribution >= 4 is 0 Å². The number of rotatable bonds is 0. The van der Waals surface area contributed by atoms with Gasteiger partial charge in [0.05, 0.1) is 0 Å². The average molecular weight is 155 g/mol. The van der Waals surface area contributed by atoms with Crippen molar-refractivity contribution in [2.24, 2.45) is 0 Å². The van der Waals surface area contributed by atoms with Gasteiger partial charge in [-0.15, -0.1) is 0 Å². The van der Waals surface area contributed by atoms with Crippen molar-refractivity contribution in [3.8, 4) is 0 Å². The Labute approximate surface area is 49.3 Å². The molecule has 0 rings (SSSR count). The molecule has 0 aliphatic rings.